The lowest BCUT2D eigenvalue weighted by Crippen LogP contribution is -2.47. The van der Waals surface area contributed by atoms with Gasteiger partial charge in [0.25, 0.3) is 0 Å². The average Bonchev–Trinajstić information content (AvgIpc) is 2.46. The third-order valence-electron chi connectivity index (χ3n) is 3.39. The first-order valence-electron chi connectivity index (χ1n) is 6.77. The minimum Gasteiger partial charge on any atom is -0.384 e. The number of aryl methyl sites for hydroxylation is 1. The highest BCUT2D eigenvalue weighted by atomic mass is 32.2. The molecule has 2 rings (SSSR count). The van der Waals surface area contributed by atoms with Crippen LogP contribution in [0.2, 0.25) is 0 Å². The summed E-state index contributed by atoms with van der Waals surface area (Å²) >= 11 is 0. The van der Waals surface area contributed by atoms with E-state index in [4.69, 9.17) is 9.84 Å². The van der Waals surface area contributed by atoms with Gasteiger partial charge in [0.05, 0.1) is 18.1 Å². The summed E-state index contributed by atoms with van der Waals surface area (Å²) in [4.78, 5) is 0.265. The zero-order valence-electron chi connectivity index (χ0n) is 12.2. The third-order valence-corrected chi connectivity index (χ3v) is 5.55. The fraction of sp³-hybridized carbons (Fsp3) is 0.467. The molecule has 1 saturated heterocycles. The van der Waals surface area contributed by atoms with Crippen LogP contribution >= 0.6 is 0 Å². The molecule has 0 aliphatic carbocycles. The lowest BCUT2D eigenvalue weighted by Gasteiger charge is -2.32. The Morgan fingerprint density at radius 2 is 2.24 bits per heavy atom. The maximum atomic E-state index is 12.8. The summed E-state index contributed by atoms with van der Waals surface area (Å²) in [6, 6.07) is 4.87. The van der Waals surface area contributed by atoms with Crippen molar-refractivity contribution in [3.05, 3.63) is 29.3 Å². The zero-order valence-corrected chi connectivity index (χ0v) is 13.0. The van der Waals surface area contributed by atoms with Gasteiger partial charge in [-0.1, -0.05) is 17.9 Å². The van der Waals surface area contributed by atoms with E-state index in [1.54, 1.807) is 25.1 Å². The van der Waals surface area contributed by atoms with Crippen molar-refractivity contribution in [3.8, 4) is 11.8 Å². The SMILES string of the molecule is Cc1ccc(C#CCO)cc1S(=O)(=O)N1CCOCC1C. The van der Waals surface area contributed by atoms with Crippen molar-refractivity contribution in [1.29, 1.82) is 0 Å². The van der Waals surface area contributed by atoms with E-state index in [1.807, 2.05) is 6.92 Å². The number of aliphatic hydroxyl groups is 1. The maximum absolute atomic E-state index is 12.8. The van der Waals surface area contributed by atoms with Gasteiger partial charge in [-0.25, -0.2) is 8.42 Å². The first-order valence-corrected chi connectivity index (χ1v) is 8.21. The highest BCUT2D eigenvalue weighted by Crippen LogP contribution is 2.24. The Bertz CT molecular complexity index is 673. The van der Waals surface area contributed by atoms with Gasteiger partial charge in [-0.3, -0.25) is 0 Å². The number of morpholine rings is 1. The van der Waals surface area contributed by atoms with Gasteiger partial charge in [0.2, 0.25) is 10.0 Å². The molecular formula is C15H19NO4S. The molecule has 6 heteroatoms. The second-order valence-corrected chi connectivity index (χ2v) is 6.84. The van der Waals surface area contributed by atoms with Crippen LogP contribution in [-0.2, 0) is 14.8 Å². The fourth-order valence-electron chi connectivity index (χ4n) is 2.29. The minimum absolute atomic E-state index is 0.185. The molecule has 21 heavy (non-hydrogen) atoms. The van der Waals surface area contributed by atoms with Gasteiger partial charge in [-0.05, 0) is 31.5 Å². The van der Waals surface area contributed by atoms with Crippen LogP contribution < -0.4 is 0 Å². The molecule has 0 spiro atoms. The normalized spacial score (nSPS) is 19.9. The molecule has 1 aliphatic rings. The second kappa shape index (κ2) is 6.58. The van der Waals surface area contributed by atoms with Crippen LogP contribution in [0.15, 0.2) is 23.1 Å². The summed E-state index contributed by atoms with van der Waals surface area (Å²) in [5, 5.41) is 8.74. The quantitative estimate of drug-likeness (QED) is 0.819. The highest BCUT2D eigenvalue weighted by molar-refractivity contribution is 7.89. The third kappa shape index (κ3) is 3.44. The van der Waals surface area contributed by atoms with Crippen LogP contribution in [-0.4, -0.2) is 50.2 Å². The van der Waals surface area contributed by atoms with Crippen LogP contribution in [0, 0.1) is 18.8 Å². The second-order valence-electron chi connectivity index (χ2n) is 4.98. The van der Waals surface area contributed by atoms with Crippen molar-refractivity contribution in [2.45, 2.75) is 24.8 Å². The number of rotatable bonds is 2. The summed E-state index contributed by atoms with van der Waals surface area (Å²) in [5.41, 5.74) is 1.26. The molecule has 114 valence electrons. The Kier molecular flexibility index (Phi) is 5.01. The van der Waals surface area contributed by atoms with Crippen LogP contribution in [0.4, 0.5) is 0 Å². The Morgan fingerprint density at radius 3 is 2.90 bits per heavy atom. The molecule has 1 aliphatic heterocycles. The molecule has 1 atom stereocenters. The molecule has 1 aromatic carbocycles. The number of nitrogens with zero attached hydrogens (tertiary/aromatic N) is 1. The topological polar surface area (TPSA) is 66.8 Å². The molecule has 1 heterocycles. The van der Waals surface area contributed by atoms with Crippen LogP contribution in [0.3, 0.4) is 0 Å². The van der Waals surface area contributed by atoms with Crippen molar-refractivity contribution in [2.24, 2.45) is 0 Å². The average molecular weight is 309 g/mol. The molecular weight excluding hydrogens is 290 g/mol. The standard InChI is InChI=1S/C15H19NO4S/c1-12-5-6-14(4-3-8-17)10-15(12)21(18,19)16-7-9-20-11-13(16)2/h5-6,10,13,17H,7-9,11H2,1-2H3. The summed E-state index contributed by atoms with van der Waals surface area (Å²) in [7, 11) is -3.57. The number of hydrogen-bond acceptors (Lipinski definition) is 4. The molecule has 5 nitrogen and oxygen atoms in total. The fourth-order valence-corrected chi connectivity index (χ4v) is 4.15. The van der Waals surface area contributed by atoms with Gasteiger partial charge >= 0.3 is 0 Å². The first kappa shape index (κ1) is 16.0. The first-order chi connectivity index (χ1) is 9.96. The van der Waals surface area contributed by atoms with E-state index in [0.29, 0.717) is 30.9 Å². The lowest BCUT2D eigenvalue weighted by molar-refractivity contribution is 0.0392. The van der Waals surface area contributed by atoms with Crippen molar-refractivity contribution < 1.29 is 18.3 Å². The van der Waals surface area contributed by atoms with E-state index >= 15 is 0 Å². The number of sulfonamides is 1. The van der Waals surface area contributed by atoms with Crippen LogP contribution in [0.25, 0.3) is 0 Å². The molecule has 0 radical (unpaired) electrons. The number of ether oxygens (including phenoxy) is 1. The minimum atomic E-state index is -3.57. The zero-order chi connectivity index (χ0) is 15.5. The summed E-state index contributed by atoms with van der Waals surface area (Å²) in [6.07, 6.45) is 0. The summed E-state index contributed by atoms with van der Waals surface area (Å²) in [6.45, 7) is 4.52. The van der Waals surface area contributed by atoms with Gasteiger partial charge in [-0.15, -0.1) is 0 Å². The van der Waals surface area contributed by atoms with Crippen molar-refractivity contribution in [3.63, 3.8) is 0 Å². The van der Waals surface area contributed by atoms with E-state index in [2.05, 4.69) is 11.8 Å². The van der Waals surface area contributed by atoms with Crippen LogP contribution in [0.5, 0.6) is 0 Å². The van der Waals surface area contributed by atoms with Gasteiger partial charge in [-0.2, -0.15) is 4.31 Å². The Hall–Kier alpha value is -1.39. The smallest absolute Gasteiger partial charge is 0.243 e. The van der Waals surface area contributed by atoms with Crippen molar-refractivity contribution in [1.82, 2.24) is 4.31 Å². The van der Waals surface area contributed by atoms with Crippen LogP contribution in [0.1, 0.15) is 18.1 Å². The molecule has 1 N–H and O–H groups in total. The highest BCUT2D eigenvalue weighted by Gasteiger charge is 2.32. The number of hydrogen-bond donors (Lipinski definition) is 1. The van der Waals surface area contributed by atoms with Gasteiger partial charge in [0.15, 0.2) is 0 Å². The van der Waals surface area contributed by atoms with E-state index in [1.165, 1.54) is 4.31 Å². The molecule has 0 saturated carbocycles. The van der Waals surface area contributed by atoms with E-state index in [-0.39, 0.29) is 17.5 Å². The van der Waals surface area contributed by atoms with Crippen molar-refractivity contribution in [2.75, 3.05) is 26.4 Å². The van der Waals surface area contributed by atoms with Gasteiger partial charge in [0, 0.05) is 18.2 Å². The lowest BCUT2D eigenvalue weighted by atomic mass is 10.1. The Labute approximate surface area is 125 Å². The molecule has 0 aromatic heterocycles. The largest absolute Gasteiger partial charge is 0.384 e. The predicted octanol–water partition coefficient (Wildman–Crippen LogP) is 0.748. The summed E-state index contributed by atoms with van der Waals surface area (Å²) < 4.78 is 32.4. The van der Waals surface area contributed by atoms with E-state index in [9.17, 15) is 8.42 Å². The molecule has 1 unspecified atom stereocenters. The Morgan fingerprint density at radius 1 is 1.48 bits per heavy atom. The molecule has 0 bridgehead atoms. The van der Waals surface area contributed by atoms with E-state index < -0.39 is 10.0 Å². The molecule has 1 fully saturated rings. The Balaban J connectivity index is 2.43. The number of benzene rings is 1. The molecule has 0 amide bonds. The maximum Gasteiger partial charge on any atom is 0.243 e. The number of aliphatic hydroxyl groups excluding tert-OH is 1. The summed E-state index contributed by atoms with van der Waals surface area (Å²) in [5.74, 6) is 5.27. The van der Waals surface area contributed by atoms with E-state index in [0.717, 1.165) is 0 Å². The molecule has 1 aromatic rings. The predicted molar refractivity (Wildman–Crippen MR) is 79.3 cm³/mol. The van der Waals surface area contributed by atoms with Gasteiger partial charge < -0.3 is 9.84 Å². The van der Waals surface area contributed by atoms with Crippen molar-refractivity contribution >= 4 is 10.0 Å². The van der Waals surface area contributed by atoms with Gasteiger partial charge in [0.1, 0.15) is 6.61 Å². The monoisotopic (exact) mass is 309 g/mol.